The molecule has 2 aromatic rings. The molecule has 0 saturated carbocycles. The van der Waals surface area contributed by atoms with Crippen LogP contribution in [0.1, 0.15) is 36.4 Å². The Balaban J connectivity index is 1.46. The molecule has 2 aliphatic heterocycles. The zero-order chi connectivity index (χ0) is 18.1. The van der Waals surface area contributed by atoms with E-state index in [0.717, 1.165) is 56.7 Å². The van der Waals surface area contributed by atoms with Gasteiger partial charge in [-0.2, -0.15) is 0 Å². The Morgan fingerprint density at radius 3 is 2.69 bits per heavy atom. The number of nitrogens with one attached hydrogen (secondary N) is 1. The predicted molar refractivity (Wildman–Crippen MR) is 95.3 cm³/mol. The Labute approximate surface area is 150 Å². The third kappa shape index (κ3) is 3.62. The molecule has 0 spiro atoms. The molecule has 1 aromatic carbocycles. The smallest absolute Gasteiger partial charge is 0.252 e. The summed E-state index contributed by atoms with van der Waals surface area (Å²) >= 11 is 0. The Morgan fingerprint density at radius 2 is 1.92 bits per heavy atom. The number of halogens is 2. The number of rotatable bonds is 4. The number of aromatic amines is 1. The van der Waals surface area contributed by atoms with Crippen LogP contribution in [0.4, 0.5) is 14.7 Å². The van der Waals surface area contributed by atoms with Gasteiger partial charge in [0.05, 0.1) is 5.69 Å². The number of aromatic nitrogens is 2. The van der Waals surface area contributed by atoms with Crippen LogP contribution in [0.15, 0.2) is 29.1 Å². The Morgan fingerprint density at radius 1 is 1.12 bits per heavy atom. The Bertz CT molecular complexity index is 848. The molecule has 1 aromatic heterocycles. The van der Waals surface area contributed by atoms with Crippen LogP contribution < -0.4 is 10.5 Å². The van der Waals surface area contributed by atoms with Gasteiger partial charge in [0.25, 0.3) is 5.56 Å². The second kappa shape index (κ2) is 7.15. The predicted octanol–water partition coefficient (Wildman–Crippen LogP) is 2.64. The maximum Gasteiger partial charge on any atom is 0.252 e. The van der Waals surface area contributed by atoms with Crippen LogP contribution in [0.5, 0.6) is 0 Å². The average molecular weight is 360 g/mol. The zero-order valence-corrected chi connectivity index (χ0v) is 14.5. The van der Waals surface area contributed by atoms with E-state index in [4.69, 9.17) is 4.98 Å². The normalized spacial score (nSPS) is 20.8. The first-order chi connectivity index (χ1) is 12.6. The van der Waals surface area contributed by atoms with Crippen molar-refractivity contribution in [2.75, 3.05) is 31.1 Å². The molecule has 138 valence electrons. The fourth-order valence-electron chi connectivity index (χ4n) is 3.86. The lowest BCUT2D eigenvalue weighted by molar-refractivity contribution is 0.325. The van der Waals surface area contributed by atoms with Crippen LogP contribution in [0.25, 0.3) is 0 Å². The summed E-state index contributed by atoms with van der Waals surface area (Å²) < 4.78 is 26.5. The van der Waals surface area contributed by atoms with Gasteiger partial charge in [-0.05, 0) is 43.5 Å². The van der Waals surface area contributed by atoms with Gasteiger partial charge < -0.3 is 4.90 Å². The van der Waals surface area contributed by atoms with Crippen LogP contribution >= 0.6 is 0 Å². The summed E-state index contributed by atoms with van der Waals surface area (Å²) in [5.41, 5.74) is 1.46. The topological polar surface area (TPSA) is 52.2 Å². The molecule has 2 saturated heterocycles. The largest absolute Gasteiger partial charge is 0.342 e. The van der Waals surface area contributed by atoms with Crippen LogP contribution in [0.2, 0.25) is 0 Å². The van der Waals surface area contributed by atoms with Crippen molar-refractivity contribution in [3.05, 3.63) is 57.5 Å². The molecule has 7 heteroatoms. The molecule has 1 atom stereocenters. The van der Waals surface area contributed by atoms with E-state index in [0.29, 0.717) is 12.5 Å². The summed E-state index contributed by atoms with van der Waals surface area (Å²) in [5, 5.41) is 0. The highest BCUT2D eigenvalue weighted by Crippen LogP contribution is 2.27. The number of anilines is 1. The summed E-state index contributed by atoms with van der Waals surface area (Å²) in [6, 6.07) is 5.62. The van der Waals surface area contributed by atoms with Crippen LogP contribution in [0.3, 0.4) is 0 Å². The van der Waals surface area contributed by atoms with Crippen LogP contribution in [0, 0.1) is 11.6 Å². The molecule has 2 fully saturated rings. The fourth-order valence-corrected chi connectivity index (χ4v) is 3.86. The van der Waals surface area contributed by atoms with E-state index in [9.17, 15) is 13.6 Å². The number of H-pyrrole nitrogens is 1. The first-order valence-corrected chi connectivity index (χ1v) is 9.11. The molecule has 3 heterocycles. The van der Waals surface area contributed by atoms with Gasteiger partial charge >= 0.3 is 0 Å². The minimum atomic E-state index is -0.824. The number of hydrogen-bond donors (Lipinski definition) is 1. The molecule has 4 rings (SSSR count). The molecule has 2 aliphatic rings. The van der Waals surface area contributed by atoms with Gasteiger partial charge in [-0.15, -0.1) is 0 Å². The summed E-state index contributed by atoms with van der Waals surface area (Å²) in [6.45, 7) is 4.03. The van der Waals surface area contributed by atoms with E-state index in [1.165, 1.54) is 12.1 Å². The highest BCUT2D eigenvalue weighted by atomic mass is 19.2. The van der Waals surface area contributed by atoms with Gasteiger partial charge in [-0.1, -0.05) is 6.07 Å². The third-order valence-electron chi connectivity index (χ3n) is 5.24. The quantitative estimate of drug-likeness (QED) is 0.911. The average Bonchev–Trinajstić information content (AvgIpc) is 3.29. The van der Waals surface area contributed by atoms with Crippen molar-refractivity contribution in [3.63, 3.8) is 0 Å². The molecule has 0 amide bonds. The molecular formula is C19H22F2N4O. The standard InChI is InChI=1S/C19H22F2N4O/c20-15-4-3-13(9-16(15)21)11-24-8-5-14(12-24)17-10-18(26)23-19(22-17)25-6-1-2-7-25/h3-4,9-10,14H,1-2,5-8,11-12H2,(H,22,23,26)/t14-/m1/s1. The SMILES string of the molecule is O=c1cc([C@@H]2CCN(Cc3ccc(F)c(F)c3)C2)nc(N2CCCC2)[nH]1. The third-order valence-corrected chi connectivity index (χ3v) is 5.24. The molecule has 26 heavy (non-hydrogen) atoms. The van der Waals surface area contributed by atoms with Crippen molar-refractivity contribution in [1.29, 1.82) is 0 Å². The fraction of sp³-hybridized carbons (Fsp3) is 0.474. The van der Waals surface area contributed by atoms with Gasteiger partial charge in [-0.25, -0.2) is 13.8 Å². The van der Waals surface area contributed by atoms with E-state index < -0.39 is 11.6 Å². The zero-order valence-electron chi connectivity index (χ0n) is 14.5. The molecule has 0 radical (unpaired) electrons. The monoisotopic (exact) mass is 360 g/mol. The highest BCUT2D eigenvalue weighted by molar-refractivity contribution is 5.32. The van der Waals surface area contributed by atoms with E-state index in [2.05, 4.69) is 14.8 Å². The number of benzene rings is 1. The van der Waals surface area contributed by atoms with E-state index in [1.807, 2.05) is 0 Å². The second-order valence-corrected chi connectivity index (χ2v) is 7.16. The van der Waals surface area contributed by atoms with E-state index >= 15 is 0 Å². The molecular weight excluding hydrogens is 338 g/mol. The number of nitrogens with zero attached hydrogens (tertiary/aromatic N) is 3. The van der Waals surface area contributed by atoms with Gasteiger partial charge in [0.1, 0.15) is 0 Å². The number of likely N-dealkylation sites (tertiary alicyclic amines) is 1. The maximum absolute atomic E-state index is 13.4. The molecule has 0 aliphatic carbocycles. The number of hydrogen-bond acceptors (Lipinski definition) is 4. The van der Waals surface area contributed by atoms with Gasteiger partial charge in [0.15, 0.2) is 11.6 Å². The first-order valence-electron chi connectivity index (χ1n) is 9.11. The van der Waals surface area contributed by atoms with Crippen molar-refractivity contribution in [2.24, 2.45) is 0 Å². The van der Waals surface area contributed by atoms with Crippen molar-refractivity contribution in [1.82, 2.24) is 14.9 Å². The minimum Gasteiger partial charge on any atom is -0.342 e. The maximum atomic E-state index is 13.4. The van der Waals surface area contributed by atoms with Crippen molar-refractivity contribution >= 4 is 5.95 Å². The summed E-state index contributed by atoms with van der Waals surface area (Å²) in [6.07, 6.45) is 3.15. The Kier molecular flexibility index (Phi) is 4.72. The lowest BCUT2D eigenvalue weighted by Gasteiger charge is -2.18. The molecule has 5 nitrogen and oxygen atoms in total. The van der Waals surface area contributed by atoms with Crippen LogP contribution in [-0.4, -0.2) is 41.0 Å². The summed E-state index contributed by atoms with van der Waals surface area (Å²) in [4.78, 5) is 23.9. The van der Waals surface area contributed by atoms with Crippen LogP contribution in [-0.2, 0) is 6.54 Å². The molecule has 0 unspecified atom stereocenters. The molecule has 1 N–H and O–H groups in total. The highest BCUT2D eigenvalue weighted by Gasteiger charge is 2.26. The van der Waals surface area contributed by atoms with Gasteiger partial charge in [0.2, 0.25) is 5.95 Å². The lowest BCUT2D eigenvalue weighted by atomic mass is 10.0. The van der Waals surface area contributed by atoms with Crippen molar-refractivity contribution in [3.8, 4) is 0 Å². The first kappa shape index (κ1) is 17.1. The lowest BCUT2D eigenvalue weighted by Crippen LogP contribution is -2.25. The second-order valence-electron chi connectivity index (χ2n) is 7.16. The van der Waals surface area contributed by atoms with Gasteiger partial charge in [-0.3, -0.25) is 14.7 Å². The van der Waals surface area contributed by atoms with Crippen molar-refractivity contribution < 1.29 is 8.78 Å². The summed E-state index contributed by atoms with van der Waals surface area (Å²) in [5.74, 6) is -0.784. The van der Waals surface area contributed by atoms with Gasteiger partial charge in [0, 0.05) is 38.2 Å². The van der Waals surface area contributed by atoms with E-state index in [1.54, 1.807) is 12.1 Å². The minimum absolute atomic E-state index is 0.115. The molecule has 0 bridgehead atoms. The Hall–Kier alpha value is -2.28. The summed E-state index contributed by atoms with van der Waals surface area (Å²) in [7, 11) is 0. The van der Waals surface area contributed by atoms with E-state index in [-0.39, 0.29) is 11.5 Å². The van der Waals surface area contributed by atoms with Crippen molar-refractivity contribution in [2.45, 2.75) is 31.7 Å².